The number of methoxy groups -OCH3 is 1. The number of halogens is 1. The van der Waals surface area contributed by atoms with Crippen LogP contribution in [0.4, 0.5) is 0 Å². The molecule has 0 heterocycles. The lowest BCUT2D eigenvalue weighted by Gasteiger charge is -2.08. The van der Waals surface area contributed by atoms with E-state index in [9.17, 15) is 13.7 Å². The zero-order valence-corrected chi connectivity index (χ0v) is 14.6. The summed E-state index contributed by atoms with van der Waals surface area (Å²) in [6, 6.07) is 17.4. The number of benzene rings is 2. The van der Waals surface area contributed by atoms with Gasteiger partial charge in [-0.15, -0.1) is 0 Å². The van der Waals surface area contributed by atoms with E-state index in [1.165, 1.54) is 7.11 Å². The number of ether oxygens (including phenoxy) is 1. The molecule has 2 aromatic rings. The van der Waals surface area contributed by atoms with Gasteiger partial charge in [-0.2, -0.15) is 5.26 Å². The van der Waals surface area contributed by atoms with Crippen LogP contribution in [0.25, 0.3) is 0 Å². The molecule has 0 saturated heterocycles. The first kappa shape index (κ1) is 17.0. The molecule has 0 bridgehead atoms. The van der Waals surface area contributed by atoms with E-state index in [0.717, 1.165) is 5.56 Å². The van der Waals surface area contributed by atoms with Gasteiger partial charge in [0.05, 0.1) is 22.8 Å². The Kier molecular flexibility index (Phi) is 4.39. The summed E-state index contributed by atoms with van der Waals surface area (Å²) >= 11 is 6.05. The summed E-state index contributed by atoms with van der Waals surface area (Å²) in [5.74, 6) is -0.466. The molecule has 1 fully saturated rings. The van der Waals surface area contributed by atoms with E-state index in [-0.39, 0.29) is 11.5 Å². The van der Waals surface area contributed by atoms with Gasteiger partial charge in [0.25, 0.3) is 0 Å². The summed E-state index contributed by atoms with van der Waals surface area (Å²) in [6.45, 7) is 0.0530. The fraction of sp³-hybridized carbons (Fsp3) is 0.278. The van der Waals surface area contributed by atoms with E-state index in [1.54, 1.807) is 54.6 Å². The molecule has 3 atom stereocenters. The molecule has 0 amide bonds. The smallest absolute Gasteiger partial charge is 0.183 e. The van der Waals surface area contributed by atoms with E-state index in [1.807, 2.05) is 0 Å². The highest BCUT2D eigenvalue weighted by Gasteiger charge is 2.72. The van der Waals surface area contributed by atoms with Crippen molar-refractivity contribution >= 4 is 21.4 Å². The van der Waals surface area contributed by atoms with E-state index < -0.39 is 26.4 Å². The highest BCUT2D eigenvalue weighted by atomic mass is 35.5. The quantitative estimate of drug-likeness (QED) is 0.818. The maximum absolute atomic E-state index is 13.1. The lowest BCUT2D eigenvalue weighted by atomic mass is 10.0. The summed E-state index contributed by atoms with van der Waals surface area (Å²) in [5, 5.41) is 9.40. The fourth-order valence-electron chi connectivity index (χ4n) is 3.37. The van der Waals surface area contributed by atoms with Crippen molar-refractivity contribution in [2.24, 2.45) is 5.41 Å². The van der Waals surface area contributed by atoms with Crippen LogP contribution in [-0.2, 0) is 14.6 Å². The van der Waals surface area contributed by atoms with Crippen LogP contribution in [0.2, 0.25) is 5.02 Å². The van der Waals surface area contributed by atoms with Gasteiger partial charge in [0.1, 0.15) is 5.41 Å². The van der Waals surface area contributed by atoms with Crippen molar-refractivity contribution in [2.45, 2.75) is 16.1 Å². The number of nitriles is 1. The Hall–Kier alpha value is -1.87. The van der Waals surface area contributed by atoms with Crippen molar-refractivity contribution in [1.82, 2.24) is 0 Å². The highest BCUT2D eigenvalue weighted by molar-refractivity contribution is 7.92. The largest absolute Gasteiger partial charge is 0.383 e. The third-order valence-electron chi connectivity index (χ3n) is 4.46. The van der Waals surface area contributed by atoms with E-state index >= 15 is 0 Å². The van der Waals surface area contributed by atoms with Crippen molar-refractivity contribution in [3.05, 3.63) is 65.2 Å². The maximum atomic E-state index is 13.1. The van der Waals surface area contributed by atoms with Crippen molar-refractivity contribution < 1.29 is 13.2 Å². The Bertz CT molecular complexity index is 892. The number of hydrogen-bond donors (Lipinski definition) is 0. The highest BCUT2D eigenvalue weighted by Crippen LogP contribution is 2.64. The Morgan fingerprint density at radius 3 is 2.50 bits per heavy atom. The number of rotatable bonds is 5. The van der Waals surface area contributed by atoms with E-state index in [0.29, 0.717) is 5.02 Å². The third-order valence-corrected chi connectivity index (χ3v) is 6.99. The van der Waals surface area contributed by atoms with Gasteiger partial charge in [-0.1, -0.05) is 41.9 Å². The van der Waals surface area contributed by atoms with Gasteiger partial charge in [0.2, 0.25) is 0 Å². The van der Waals surface area contributed by atoms with Crippen LogP contribution in [0.1, 0.15) is 11.5 Å². The van der Waals surface area contributed by atoms with Gasteiger partial charge in [-0.05, 0) is 29.8 Å². The summed E-state index contributed by atoms with van der Waals surface area (Å²) < 4.78 is 31.3. The molecule has 1 aliphatic carbocycles. The zero-order valence-electron chi connectivity index (χ0n) is 13.0. The third kappa shape index (κ3) is 2.61. The minimum Gasteiger partial charge on any atom is -0.383 e. The molecule has 1 aliphatic rings. The summed E-state index contributed by atoms with van der Waals surface area (Å²) in [6.07, 6.45) is 0. The first-order valence-electron chi connectivity index (χ1n) is 7.42. The van der Waals surface area contributed by atoms with E-state index in [4.69, 9.17) is 16.3 Å². The van der Waals surface area contributed by atoms with Gasteiger partial charge in [0.15, 0.2) is 9.84 Å². The first-order valence-corrected chi connectivity index (χ1v) is 9.34. The predicted molar refractivity (Wildman–Crippen MR) is 91.5 cm³/mol. The maximum Gasteiger partial charge on any atom is 0.183 e. The van der Waals surface area contributed by atoms with Crippen LogP contribution in [0, 0.1) is 16.7 Å². The van der Waals surface area contributed by atoms with Gasteiger partial charge in [-0.25, -0.2) is 8.42 Å². The minimum atomic E-state index is -3.66. The fourth-order valence-corrected chi connectivity index (χ4v) is 5.90. The van der Waals surface area contributed by atoms with Crippen LogP contribution >= 0.6 is 11.6 Å². The minimum absolute atomic E-state index is 0.0530. The zero-order chi connectivity index (χ0) is 17.4. The molecule has 0 N–H and O–H groups in total. The van der Waals surface area contributed by atoms with Crippen molar-refractivity contribution in [1.29, 1.82) is 5.26 Å². The lowest BCUT2D eigenvalue weighted by Crippen LogP contribution is -2.19. The molecule has 4 nitrogen and oxygen atoms in total. The predicted octanol–water partition coefficient (Wildman–Crippen LogP) is 3.44. The van der Waals surface area contributed by atoms with Crippen LogP contribution in [0.15, 0.2) is 59.5 Å². The van der Waals surface area contributed by atoms with Crippen molar-refractivity contribution in [3.8, 4) is 6.07 Å². The molecule has 124 valence electrons. The van der Waals surface area contributed by atoms with Crippen LogP contribution < -0.4 is 0 Å². The van der Waals surface area contributed by atoms with Gasteiger partial charge in [0, 0.05) is 18.1 Å². The molecule has 0 spiro atoms. The molecule has 24 heavy (non-hydrogen) atoms. The van der Waals surface area contributed by atoms with Crippen LogP contribution in [0.5, 0.6) is 0 Å². The number of nitrogens with zero attached hydrogens (tertiary/aromatic N) is 1. The summed E-state index contributed by atoms with van der Waals surface area (Å²) in [7, 11) is -2.19. The second kappa shape index (κ2) is 6.21. The van der Waals surface area contributed by atoms with Gasteiger partial charge >= 0.3 is 0 Å². The standard InChI is InChI=1S/C18H16ClNO3S/c1-23-12-18(11-20)16(13-6-5-7-14(19)10-13)17(18)24(21,22)15-8-3-2-4-9-15/h2-10,16-17H,12H2,1H3/t16-,17-,18-/m1/s1. The van der Waals surface area contributed by atoms with Gasteiger partial charge in [-0.3, -0.25) is 0 Å². The number of hydrogen-bond acceptors (Lipinski definition) is 4. The molecule has 2 aromatic carbocycles. The monoisotopic (exact) mass is 361 g/mol. The molecule has 0 unspecified atom stereocenters. The van der Waals surface area contributed by atoms with Crippen molar-refractivity contribution in [2.75, 3.05) is 13.7 Å². The van der Waals surface area contributed by atoms with Crippen LogP contribution in [-0.4, -0.2) is 27.4 Å². The average molecular weight is 362 g/mol. The Labute approximate surface area is 146 Å². The molecule has 1 saturated carbocycles. The van der Waals surface area contributed by atoms with Gasteiger partial charge < -0.3 is 4.74 Å². The van der Waals surface area contributed by atoms with Crippen molar-refractivity contribution in [3.63, 3.8) is 0 Å². The Balaban J connectivity index is 2.10. The summed E-state index contributed by atoms with van der Waals surface area (Å²) in [5.41, 5.74) is -0.362. The molecular weight excluding hydrogens is 346 g/mol. The Morgan fingerprint density at radius 1 is 1.21 bits per heavy atom. The SMILES string of the molecule is COC[C@]1(C#N)[C@H](c2cccc(Cl)c2)[C@H]1S(=O)(=O)c1ccccc1. The topological polar surface area (TPSA) is 67.2 Å². The molecule has 6 heteroatoms. The molecule has 3 rings (SSSR count). The second-order valence-corrected chi connectivity index (χ2v) is 8.40. The molecule has 0 aromatic heterocycles. The van der Waals surface area contributed by atoms with Crippen LogP contribution in [0.3, 0.4) is 0 Å². The average Bonchev–Trinajstić information content (AvgIpc) is 3.26. The molecule has 0 aliphatic heterocycles. The van der Waals surface area contributed by atoms with E-state index in [2.05, 4.69) is 6.07 Å². The normalized spacial score (nSPS) is 25.9. The molecule has 0 radical (unpaired) electrons. The lowest BCUT2D eigenvalue weighted by molar-refractivity contribution is 0.162. The molecular formula is C18H16ClNO3S. The second-order valence-electron chi connectivity index (χ2n) is 5.90. The summed E-state index contributed by atoms with van der Waals surface area (Å²) in [4.78, 5) is 0.218. The Morgan fingerprint density at radius 2 is 1.92 bits per heavy atom. The number of sulfone groups is 1. The first-order chi connectivity index (χ1) is 11.5.